The maximum Gasteiger partial charge on any atom is 0.254 e. The molecule has 0 aromatic heterocycles. The lowest BCUT2D eigenvalue weighted by atomic mass is 10.1. The van der Waals surface area contributed by atoms with Gasteiger partial charge in [0.05, 0.1) is 22.3 Å². The van der Waals surface area contributed by atoms with E-state index in [0.29, 0.717) is 22.3 Å². The highest BCUT2D eigenvalue weighted by atomic mass is 35.5. The second-order valence-electron chi connectivity index (χ2n) is 7.40. The van der Waals surface area contributed by atoms with Gasteiger partial charge in [-0.3, -0.25) is 14.6 Å². The highest BCUT2D eigenvalue weighted by Crippen LogP contribution is 2.22. The molecule has 1 fully saturated rings. The van der Waals surface area contributed by atoms with Gasteiger partial charge in [-0.15, -0.1) is 0 Å². The number of piperazine rings is 1. The number of hydrazone groups is 1. The van der Waals surface area contributed by atoms with E-state index in [2.05, 4.69) is 51.5 Å². The Balaban J connectivity index is 1.43. The van der Waals surface area contributed by atoms with Crippen LogP contribution in [0.15, 0.2) is 47.6 Å². The number of aryl methyl sites for hydroxylation is 1. The zero-order valence-electron chi connectivity index (χ0n) is 16.8. The topological polar surface area (TPSA) is 47.9 Å². The minimum atomic E-state index is -0.114. The van der Waals surface area contributed by atoms with Gasteiger partial charge in [-0.05, 0) is 37.1 Å². The normalized spacial score (nSPS) is 16.1. The Labute approximate surface area is 182 Å². The number of carbonyl (C=O) groups excluding carboxylic acids is 1. The Bertz CT molecular complexity index is 875. The third-order valence-electron chi connectivity index (χ3n) is 5.04. The molecule has 0 radical (unpaired) electrons. The van der Waals surface area contributed by atoms with Crippen molar-refractivity contribution >= 4 is 34.8 Å². The lowest BCUT2D eigenvalue weighted by molar-refractivity contribution is -0.122. The molecule has 3 rings (SSSR count). The number of rotatable bonds is 6. The molecule has 29 heavy (non-hydrogen) atoms. The molecule has 1 heterocycles. The lowest BCUT2D eigenvalue weighted by Crippen LogP contribution is -2.48. The van der Waals surface area contributed by atoms with Crippen molar-refractivity contribution < 1.29 is 4.79 Å². The quantitative estimate of drug-likeness (QED) is 0.554. The summed E-state index contributed by atoms with van der Waals surface area (Å²) in [5.41, 5.74) is 6.75. The van der Waals surface area contributed by atoms with Crippen molar-refractivity contribution in [2.24, 2.45) is 5.10 Å². The Kier molecular flexibility index (Phi) is 7.67. The van der Waals surface area contributed by atoms with Crippen molar-refractivity contribution in [3.63, 3.8) is 0 Å². The number of benzene rings is 2. The van der Waals surface area contributed by atoms with E-state index in [1.165, 1.54) is 11.1 Å². The summed E-state index contributed by atoms with van der Waals surface area (Å²) in [5, 5.41) is 5.15. The third-order valence-corrected chi connectivity index (χ3v) is 5.78. The summed E-state index contributed by atoms with van der Waals surface area (Å²) in [4.78, 5) is 16.8. The van der Waals surface area contributed by atoms with Crippen LogP contribution in [0.3, 0.4) is 0 Å². The van der Waals surface area contributed by atoms with E-state index in [9.17, 15) is 4.79 Å². The van der Waals surface area contributed by atoms with Crippen LogP contribution >= 0.6 is 23.2 Å². The number of halogens is 2. The van der Waals surface area contributed by atoms with Gasteiger partial charge in [0.2, 0.25) is 0 Å². The van der Waals surface area contributed by atoms with Crippen LogP contribution in [0.2, 0.25) is 10.0 Å². The van der Waals surface area contributed by atoms with E-state index in [1.54, 1.807) is 12.1 Å². The van der Waals surface area contributed by atoms with Crippen molar-refractivity contribution in [3.8, 4) is 0 Å². The largest absolute Gasteiger partial charge is 0.297 e. The molecular formula is C22H26Cl2N4O. The molecule has 5 nitrogen and oxygen atoms in total. The molecule has 1 amide bonds. The minimum absolute atomic E-state index is 0.114. The number of carbonyl (C=O) groups is 1. The minimum Gasteiger partial charge on any atom is -0.297 e. The standard InChI is InChI=1S/C22H26Cl2N4O/c1-16-3-5-18(6-4-16)14-27-9-11-28(12-10-27)15-22(29)26-25-17(2)19-7-8-20(23)21(24)13-19/h3-8,13H,9-12,14-15H2,1-2H3,(H,26,29)/b25-17+. The first-order valence-electron chi connectivity index (χ1n) is 9.69. The Morgan fingerprint density at radius 2 is 1.66 bits per heavy atom. The number of nitrogens with one attached hydrogen (secondary N) is 1. The maximum atomic E-state index is 12.3. The molecule has 1 aliphatic rings. The van der Waals surface area contributed by atoms with E-state index in [-0.39, 0.29) is 5.91 Å². The molecule has 1 N–H and O–H groups in total. The number of hydrogen-bond acceptors (Lipinski definition) is 4. The van der Waals surface area contributed by atoms with E-state index < -0.39 is 0 Å². The fraction of sp³-hybridized carbons (Fsp3) is 0.364. The summed E-state index contributed by atoms with van der Waals surface area (Å²) in [6.45, 7) is 8.86. The highest BCUT2D eigenvalue weighted by Gasteiger charge is 2.19. The monoisotopic (exact) mass is 432 g/mol. The van der Waals surface area contributed by atoms with Crippen LogP contribution in [0, 0.1) is 6.92 Å². The molecular weight excluding hydrogens is 407 g/mol. The third kappa shape index (κ3) is 6.54. The summed E-state index contributed by atoms with van der Waals surface area (Å²) in [6.07, 6.45) is 0. The van der Waals surface area contributed by atoms with E-state index in [0.717, 1.165) is 38.3 Å². The first kappa shape index (κ1) is 21.8. The second kappa shape index (κ2) is 10.2. The van der Waals surface area contributed by atoms with Crippen molar-refractivity contribution in [2.45, 2.75) is 20.4 Å². The molecule has 0 bridgehead atoms. The summed E-state index contributed by atoms with van der Waals surface area (Å²) in [7, 11) is 0. The van der Waals surface area contributed by atoms with Crippen LogP contribution in [0.1, 0.15) is 23.6 Å². The molecule has 0 atom stereocenters. The average molecular weight is 433 g/mol. The second-order valence-corrected chi connectivity index (χ2v) is 8.21. The van der Waals surface area contributed by atoms with Gasteiger partial charge in [0.15, 0.2) is 0 Å². The molecule has 0 spiro atoms. The van der Waals surface area contributed by atoms with Gasteiger partial charge >= 0.3 is 0 Å². The van der Waals surface area contributed by atoms with Crippen LogP contribution in [0.5, 0.6) is 0 Å². The van der Waals surface area contributed by atoms with Gasteiger partial charge < -0.3 is 0 Å². The van der Waals surface area contributed by atoms with Crippen LogP contribution < -0.4 is 5.43 Å². The first-order valence-corrected chi connectivity index (χ1v) is 10.4. The fourth-order valence-electron chi connectivity index (χ4n) is 3.23. The van der Waals surface area contributed by atoms with Gasteiger partial charge in [-0.2, -0.15) is 5.10 Å². The zero-order valence-corrected chi connectivity index (χ0v) is 18.3. The van der Waals surface area contributed by atoms with Gasteiger partial charge in [0.25, 0.3) is 5.91 Å². The van der Waals surface area contributed by atoms with Gasteiger partial charge in [-0.1, -0.05) is 59.1 Å². The van der Waals surface area contributed by atoms with E-state index in [4.69, 9.17) is 23.2 Å². The first-order chi connectivity index (χ1) is 13.9. The number of amides is 1. The molecule has 0 unspecified atom stereocenters. The molecule has 2 aromatic carbocycles. The highest BCUT2D eigenvalue weighted by molar-refractivity contribution is 6.42. The molecule has 1 saturated heterocycles. The smallest absolute Gasteiger partial charge is 0.254 e. The molecule has 2 aromatic rings. The molecule has 0 aliphatic carbocycles. The van der Waals surface area contributed by atoms with Crippen LogP contribution in [-0.4, -0.2) is 54.1 Å². The van der Waals surface area contributed by atoms with Gasteiger partial charge in [0.1, 0.15) is 0 Å². The van der Waals surface area contributed by atoms with Crippen LogP contribution in [0.25, 0.3) is 0 Å². The Morgan fingerprint density at radius 3 is 2.31 bits per heavy atom. The number of nitrogens with zero attached hydrogens (tertiary/aromatic N) is 3. The molecule has 1 aliphatic heterocycles. The molecule has 154 valence electrons. The van der Waals surface area contributed by atoms with Crippen LogP contribution in [0.4, 0.5) is 0 Å². The fourth-order valence-corrected chi connectivity index (χ4v) is 3.53. The van der Waals surface area contributed by atoms with Crippen molar-refractivity contribution in [2.75, 3.05) is 32.7 Å². The van der Waals surface area contributed by atoms with Gasteiger partial charge in [0, 0.05) is 32.7 Å². The summed E-state index contributed by atoms with van der Waals surface area (Å²) >= 11 is 12.0. The Hall–Kier alpha value is -1.92. The molecule has 0 saturated carbocycles. The van der Waals surface area contributed by atoms with Crippen molar-refractivity contribution in [3.05, 3.63) is 69.2 Å². The molecule has 7 heteroatoms. The van der Waals surface area contributed by atoms with E-state index >= 15 is 0 Å². The summed E-state index contributed by atoms with van der Waals surface area (Å²) in [6, 6.07) is 13.9. The average Bonchev–Trinajstić information content (AvgIpc) is 2.71. The summed E-state index contributed by atoms with van der Waals surface area (Å²) in [5.74, 6) is -0.114. The SMILES string of the molecule is C/C(=N\NC(=O)CN1CCN(Cc2ccc(C)cc2)CC1)c1ccc(Cl)c(Cl)c1. The summed E-state index contributed by atoms with van der Waals surface area (Å²) < 4.78 is 0. The van der Waals surface area contributed by atoms with E-state index in [1.807, 2.05) is 13.0 Å². The zero-order chi connectivity index (χ0) is 20.8. The number of hydrogen-bond donors (Lipinski definition) is 1. The maximum absolute atomic E-state index is 12.3. The van der Waals surface area contributed by atoms with Gasteiger partial charge in [-0.25, -0.2) is 5.43 Å². The van der Waals surface area contributed by atoms with Crippen LogP contribution in [-0.2, 0) is 11.3 Å². The van der Waals surface area contributed by atoms with Crippen molar-refractivity contribution in [1.82, 2.24) is 15.2 Å². The van der Waals surface area contributed by atoms with Crippen molar-refractivity contribution in [1.29, 1.82) is 0 Å². The predicted octanol–water partition coefficient (Wildman–Crippen LogP) is 3.96. The Morgan fingerprint density at radius 1 is 1.00 bits per heavy atom. The predicted molar refractivity (Wildman–Crippen MR) is 120 cm³/mol. The lowest BCUT2D eigenvalue weighted by Gasteiger charge is -2.34.